The number of benzene rings is 2. The fraction of sp³-hybridized carbons (Fsp3) is 0.318. The van der Waals surface area contributed by atoms with E-state index in [1.54, 1.807) is 0 Å². The fourth-order valence-electron chi connectivity index (χ4n) is 3.87. The molecule has 0 spiro atoms. The molecule has 1 aliphatic heterocycles. The summed E-state index contributed by atoms with van der Waals surface area (Å²) in [7, 11) is 1.37. The van der Waals surface area contributed by atoms with Crippen molar-refractivity contribution in [1.82, 2.24) is 0 Å². The Kier molecular flexibility index (Phi) is 5.80. The Balaban J connectivity index is 1.87. The molecule has 5 atom stereocenters. The van der Waals surface area contributed by atoms with Gasteiger partial charge in [0.05, 0.1) is 30.2 Å². The van der Waals surface area contributed by atoms with E-state index in [9.17, 15) is 35.4 Å². The van der Waals surface area contributed by atoms with Crippen molar-refractivity contribution in [3.05, 3.63) is 52.4 Å². The highest BCUT2D eigenvalue weighted by atomic mass is 16.5. The minimum absolute atomic E-state index is 0.0549. The molecule has 0 aliphatic carbocycles. The maximum absolute atomic E-state index is 13.2. The number of phenolic OH excluding ortho intramolecular Hbond substituents is 2. The van der Waals surface area contributed by atoms with E-state index >= 15 is 0 Å². The highest BCUT2D eigenvalue weighted by Gasteiger charge is 2.45. The summed E-state index contributed by atoms with van der Waals surface area (Å²) >= 11 is 0. The zero-order chi connectivity index (χ0) is 23.2. The first-order chi connectivity index (χ1) is 15.3. The van der Waals surface area contributed by atoms with E-state index < -0.39 is 42.6 Å². The molecule has 1 aromatic heterocycles. The largest absolute Gasteiger partial charge is 0.507 e. The van der Waals surface area contributed by atoms with Crippen LogP contribution >= 0.6 is 0 Å². The zero-order valence-corrected chi connectivity index (χ0v) is 16.9. The number of phenols is 2. The Morgan fingerprint density at radius 2 is 1.72 bits per heavy atom. The molecule has 3 aromatic rings. The van der Waals surface area contributed by atoms with Gasteiger partial charge in [-0.25, -0.2) is 0 Å². The standard InChI is InChI=1S/C22H22O10/c1-30-14-6-9(2-4-12(14)24)11-8-31-21-10(17(11)26)3-5-13(25)16(21)22-20(29)19(28)18(27)15(7-23)32-22/h2-6,8,15,18-20,22-25,27-29H,7H2,1H3/t15?,18-,19-,20?,22+/m1/s1. The third kappa shape index (κ3) is 3.48. The monoisotopic (exact) mass is 446 g/mol. The Hall–Kier alpha value is -3.15. The average Bonchev–Trinajstić information content (AvgIpc) is 2.79. The molecule has 10 heteroatoms. The number of aliphatic hydroxyl groups is 4. The van der Waals surface area contributed by atoms with E-state index in [4.69, 9.17) is 13.9 Å². The lowest BCUT2D eigenvalue weighted by molar-refractivity contribution is -0.231. The Morgan fingerprint density at radius 3 is 2.41 bits per heavy atom. The summed E-state index contributed by atoms with van der Waals surface area (Å²) in [5, 5.41) is 60.3. The Morgan fingerprint density at radius 1 is 1.00 bits per heavy atom. The molecule has 2 unspecified atom stereocenters. The number of rotatable bonds is 4. The number of hydrogen-bond acceptors (Lipinski definition) is 10. The van der Waals surface area contributed by atoms with Crippen molar-refractivity contribution < 1.29 is 44.5 Å². The molecule has 2 heterocycles. The second kappa shape index (κ2) is 8.41. The predicted octanol–water partition coefficient (Wildman–Crippen LogP) is 0.395. The predicted molar refractivity (Wildman–Crippen MR) is 111 cm³/mol. The summed E-state index contributed by atoms with van der Waals surface area (Å²) in [5.74, 6) is -0.310. The number of aromatic hydroxyl groups is 2. The Labute approximate surface area is 181 Å². The van der Waals surface area contributed by atoms with E-state index in [0.717, 1.165) is 6.26 Å². The molecule has 32 heavy (non-hydrogen) atoms. The van der Waals surface area contributed by atoms with Crippen LogP contribution in [0.25, 0.3) is 22.1 Å². The lowest BCUT2D eigenvalue weighted by atomic mass is 9.89. The number of hydrogen-bond donors (Lipinski definition) is 6. The SMILES string of the molecule is COc1cc(-c2coc3c([C@@H]4OC(CO)[C@@H](O)[C@@H](O)C4O)c(O)ccc3c2=O)ccc1O. The summed E-state index contributed by atoms with van der Waals surface area (Å²) in [5.41, 5.74) is -0.0935. The van der Waals surface area contributed by atoms with Gasteiger partial charge >= 0.3 is 0 Å². The lowest BCUT2D eigenvalue weighted by Crippen LogP contribution is -2.55. The van der Waals surface area contributed by atoms with Crippen molar-refractivity contribution in [2.24, 2.45) is 0 Å². The molecular formula is C22H22O10. The van der Waals surface area contributed by atoms with E-state index in [2.05, 4.69) is 0 Å². The first-order valence-corrected chi connectivity index (χ1v) is 9.73. The van der Waals surface area contributed by atoms with Crippen LogP contribution in [0, 0.1) is 0 Å². The van der Waals surface area contributed by atoms with Crippen LogP contribution in [0.5, 0.6) is 17.2 Å². The van der Waals surface area contributed by atoms with E-state index in [1.165, 1.54) is 37.4 Å². The van der Waals surface area contributed by atoms with Crippen LogP contribution in [0.4, 0.5) is 0 Å². The van der Waals surface area contributed by atoms with Crippen molar-refractivity contribution in [3.63, 3.8) is 0 Å². The average molecular weight is 446 g/mol. The number of methoxy groups -OCH3 is 1. The molecule has 1 aliphatic rings. The lowest BCUT2D eigenvalue weighted by Gasteiger charge is -2.40. The van der Waals surface area contributed by atoms with Crippen LogP contribution < -0.4 is 10.2 Å². The normalized spacial score (nSPS) is 25.7. The molecule has 0 radical (unpaired) electrons. The maximum Gasteiger partial charge on any atom is 0.200 e. The van der Waals surface area contributed by atoms with Gasteiger partial charge in [-0.05, 0) is 29.8 Å². The van der Waals surface area contributed by atoms with E-state index in [0.29, 0.717) is 5.56 Å². The van der Waals surface area contributed by atoms with Gasteiger partial charge in [0.25, 0.3) is 0 Å². The number of ether oxygens (including phenoxy) is 2. The van der Waals surface area contributed by atoms with Crippen molar-refractivity contribution in [2.45, 2.75) is 30.5 Å². The molecule has 0 amide bonds. The van der Waals surface area contributed by atoms with Gasteiger partial charge in [0.2, 0.25) is 5.43 Å². The summed E-state index contributed by atoms with van der Waals surface area (Å²) in [4.78, 5) is 13.2. The number of aliphatic hydroxyl groups excluding tert-OH is 4. The summed E-state index contributed by atoms with van der Waals surface area (Å²) in [6.45, 7) is -0.649. The molecule has 4 rings (SSSR count). The molecular weight excluding hydrogens is 424 g/mol. The van der Waals surface area contributed by atoms with E-state index in [-0.39, 0.29) is 39.3 Å². The van der Waals surface area contributed by atoms with Gasteiger partial charge in [0.15, 0.2) is 11.5 Å². The van der Waals surface area contributed by atoms with Gasteiger partial charge in [-0.15, -0.1) is 0 Å². The number of fused-ring (bicyclic) bond motifs is 1. The molecule has 0 bridgehead atoms. The molecule has 2 aromatic carbocycles. The quantitative estimate of drug-likeness (QED) is 0.330. The molecule has 0 saturated carbocycles. The van der Waals surface area contributed by atoms with E-state index in [1.807, 2.05) is 0 Å². The highest BCUT2D eigenvalue weighted by Crippen LogP contribution is 2.40. The maximum atomic E-state index is 13.2. The van der Waals surface area contributed by atoms with Crippen LogP contribution in [-0.4, -0.2) is 68.8 Å². The molecule has 170 valence electrons. The molecule has 10 nitrogen and oxygen atoms in total. The third-order valence-corrected chi connectivity index (χ3v) is 5.62. The second-order valence-corrected chi connectivity index (χ2v) is 7.49. The van der Waals surface area contributed by atoms with Crippen LogP contribution in [0.3, 0.4) is 0 Å². The third-order valence-electron chi connectivity index (χ3n) is 5.62. The Bertz CT molecular complexity index is 1200. The smallest absolute Gasteiger partial charge is 0.200 e. The molecule has 6 N–H and O–H groups in total. The van der Waals surface area contributed by atoms with Gasteiger partial charge in [0.1, 0.15) is 48.1 Å². The van der Waals surface area contributed by atoms with Crippen LogP contribution in [0.2, 0.25) is 0 Å². The molecule has 1 fully saturated rings. The topological polar surface area (TPSA) is 170 Å². The minimum Gasteiger partial charge on any atom is -0.507 e. The first kappa shape index (κ1) is 22.1. The van der Waals surface area contributed by atoms with Gasteiger partial charge in [0, 0.05) is 0 Å². The molecule has 1 saturated heterocycles. The highest BCUT2D eigenvalue weighted by molar-refractivity contribution is 5.86. The zero-order valence-electron chi connectivity index (χ0n) is 16.9. The van der Waals surface area contributed by atoms with Gasteiger partial charge in [-0.3, -0.25) is 4.79 Å². The summed E-state index contributed by atoms with van der Waals surface area (Å²) in [6.07, 6.45) is -6.36. The first-order valence-electron chi connectivity index (χ1n) is 9.73. The fourth-order valence-corrected chi connectivity index (χ4v) is 3.87. The van der Waals surface area contributed by atoms with Crippen LogP contribution in [0.1, 0.15) is 11.7 Å². The van der Waals surface area contributed by atoms with Crippen molar-refractivity contribution in [3.8, 4) is 28.4 Å². The summed E-state index contributed by atoms with van der Waals surface area (Å²) < 4.78 is 16.3. The van der Waals surface area contributed by atoms with Crippen molar-refractivity contribution in [2.75, 3.05) is 13.7 Å². The summed E-state index contributed by atoms with van der Waals surface area (Å²) in [6, 6.07) is 6.90. The minimum atomic E-state index is -1.67. The second-order valence-electron chi connectivity index (χ2n) is 7.49. The van der Waals surface area contributed by atoms with Gasteiger partial charge in [-0.2, -0.15) is 0 Å². The van der Waals surface area contributed by atoms with Crippen molar-refractivity contribution >= 4 is 11.0 Å². The van der Waals surface area contributed by atoms with Gasteiger partial charge < -0.3 is 44.5 Å². The van der Waals surface area contributed by atoms with Crippen LogP contribution in [-0.2, 0) is 4.74 Å². The van der Waals surface area contributed by atoms with Crippen LogP contribution in [0.15, 0.2) is 45.8 Å². The van der Waals surface area contributed by atoms with Gasteiger partial charge in [-0.1, -0.05) is 6.07 Å². The van der Waals surface area contributed by atoms with Crippen molar-refractivity contribution in [1.29, 1.82) is 0 Å².